The zero-order valence-electron chi connectivity index (χ0n) is 18.0. The lowest BCUT2D eigenvalue weighted by molar-refractivity contribution is 0.204. The molecule has 1 unspecified atom stereocenters. The second kappa shape index (κ2) is 8.92. The number of ether oxygens (including phenoxy) is 3. The Labute approximate surface area is 187 Å². The van der Waals surface area contributed by atoms with E-state index in [0.717, 1.165) is 16.8 Å². The van der Waals surface area contributed by atoms with Crippen LogP contribution in [0.1, 0.15) is 23.7 Å². The summed E-state index contributed by atoms with van der Waals surface area (Å²) < 4.78 is 40.7. The van der Waals surface area contributed by atoms with E-state index in [0.29, 0.717) is 29.4 Å². The molecular weight excluding hydrogens is 428 g/mol. The molecule has 0 saturated heterocycles. The SMILES string of the molecule is COc1cc(OC)c2c(c1)OC(c1ccccc1)C/C2=N\Nc1ccc(S(C)(=O)=O)cc1. The monoisotopic (exact) mass is 452 g/mol. The van der Waals surface area contributed by atoms with Crippen LogP contribution in [0.2, 0.25) is 0 Å². The number of benzene rings is 3. The zero-order chi connectivity index (χ0) is 22.7. The number of anilines is 1. The van der Waals surface area contributed by atoms with E-state index in [9.17, 15) is 8.42 Å². The summed E-state index contributed by atoms with van der Waals surface area (Å²) in [5.41, 5.74) is 6.24. The van der Waals surface area contributed by atoms with Gasteiger partial charge >= 0.3 is 0 Å². The smallest absolute Gasteiger partial charge is 0.175 e. The third-order valence-electron chi connectivity index (χ3n) is 5.21. The highest BCUT2D eigenvalue weighted by Gasteiger charge is 2.30. The number of hydrazone groups is 1. The third kappa shape index (κ3) is 4.55. The number of rotatable bonds is 6. The quantitative estimate of drug-likeness (QED) is 0.556. The van der Waals surface area contributed by atoms with Crippen LogP contribution in [0.5, 0.6) is 17.2 Å². The van der Waals surface area contributed by atoms with Crippen LogP contribution in [0, 0.1) is 0 Å². The minimum absolute atomic E-state index is 0.228. The van der Waals surface area contributed by atoms with Crippen LogP contribution in [0.4, 0.5) is 5.69 Å². The predicted octanol–water partition coefficient (Wildman–Crippen LogP) is 4.45. The van der Waals surface area contributed by atoms with Gasteiger partial charge in [0.25, 0.3) is 0 Å². The molecule has 0 aromatic heterocycles. The fourth-order valence-corrected chi connectivity index (χ4v) is 4.19. The summed E-state index contributed by atoms with van der Waals surface area (Å²) >= 11 is 0. The first kappa shape index (κ1) is 21.7. The van der Waals surface area contributed by atoms with Crippen LogP contribution in [-0.2, 0) is 9.84 Å². The molecular formula is C24H24N2O5S. The number of sulfone groups is 1. The first-order valence-electron chi connectivity index (χ1n) is 9.99. The lowest BCUT2D eigenvalue weighted by Crippen LogP contribution is -2.22. The van der Waals surface area contributed by atoms with Crippen molar-refractivity contribution in [1.29, 1.82) is 0 Å². The highest BCUT2D eigenvalue weighted by molar-refractivity contribution is 7.90. The van der Waals surface area contributed by atoms with Crippen molar-refractivity contribution in [3.63, 3.8) is 0 Å². The Morgan fingerprint density at radius 2 is 1.72 bits per heavy atom. The summed E-state index contributed by atoms with van der Waals surface area (Å²) in [5.74, 6) is 1.84. The Hall–Kier alpha value is -3.52. The maximum atomic E-state index is 11.7. The van der Waals surface area contributed by atoms with Gasteiger partial charge in [-0.1, -0.05) is 30.3 Å². The maximum absolute atomic E-state index is 11.7. The Bertz CT molecular complexity index is 1240. The van der Waals surface area contributed by atoms with Crippen molar-refractivity contribution in [2.75, 3.05) is 25.9 Å². The van der Waals surface area contributed by atoms with E-state index in [2.05, 4.69) is 10.5 Å². The molecule has 7 nitrogen and oxygen atoms in total. The molecule has 1 atom stereocenters. The summed E-state index contributed by atoms with van der Waals surface area (Å²) in [6.07, 6.45) is 1.47. The maximum Gasteiger partial charge on any atom is 0.175 e. The Morgan fingerprint density at radius 1 is 1.00 bits per heavy atom. The average Bonchev–Trinajstić information content (AvgIpc) is 2.81. The molecule has 0 bridgehead atoms. The standard InChI is InChI=1S/C24H24N2O5S/c1-29-18-13-22(30-2)24-20(26-25-17-9-11-19(12-10-17)32(3,27)28)15-21(31-23(24)14-18)16-7-5-4-6-8-16/h4-14,21,25H,15H2,1-3H3/b26-20+. The Balaban J connectivity index is 1.72. The van der Waals surface area contributed by atoms with Crippen molar-refractivity contribution in [2.24, 2.45) is 5.10 Å². The lowest BCUT2D eigenvalue weighted by atomic mass is 9.94. The summed E-state index contributed by atoms with van der Waals surface area (Å²) in [5, 5.41) is 4.64. The number of methoxy groups -OCH3 is 2. The van der Waals surface area contributed by atoms with Crippen LogP contribution < -0.4 is 19.6 Å². The van der Waals surface area contributed by atoms with Crippen LogP contribution in [-0.4, -0.2) is 34.6 Å². The van der Waals surface area contributed by atoms with Gasteiger partial charge in [0.2, 0.25) is 0 Å². The van der Waals surface area contributed by atoms with E-state index in [4.69, 9.17) is 14.2 Å². The highest BCUT2D eigenvalue weighted by Crippen LogP contribution is 2.42. The normalized spacial score (nSPS) is 16.7. The minimum Gasteiger partial charge on any atom is -0.496 e. The van der Waals surface area contributed by atoms with Crippen molar-refractivity contribution in [2.45, 2.75) is 17.4 Å². The van der Waals surface area contributed by atoms with Gasteiger partial charge in [0.05, 0.1) is 36.1 Å². The van der Waals surface area contributed by atoms with Crippen molar-refractivity contribution in [1.82, 2.24) is 0 Å². The van der Waals surface area contributed by atoms with Gasteiger partial charge in [0.1, 0.15) is 23.4 Å². The Morgan fingerprint density at radius 3 is 2.34 bits per heavy atom. The molecule has 0 fully saturated rings. The second-order valence-corrected chi connectivity index (χ2v) is 9.41. The fraction of sp³-hybridized carbons (Fsp3) is 0.208. The van der Waals surface area contributed by atoms with E-state index < -0.39 is 9.84 Å². The molecule has 4 rings (SSSR count). The average molecular weight is 453 g/mol. The van der Waals surface area contributed by atoms with Gasteiger partial charge in [-0.3, -0.25) is 5.43 Å². The van der Waals surface area contributed by atoms with Gasteiger partial charge in [-0.2, -0.15) is 5.10 Å². The molecule has 1 aliphatic heterocycles. The largest absolute Gasteiger partial charge is 0.496 e. The van der Waals surface area contributed by atoms with Crippen molar-refractivity contribution < 1.29 is 22.6 Å². The van der Waals surface area contributed by atoms with E-state index in [1.54, 1.807) is 44.6 Å². The predicted molar refractivity (Wildman–Crippen MR) is 124 cm³/mol. The number of hydrogen-bond acceptors (Lipinski definition) is 7. The molecule has 0 amide bonds. The van der Waals surface area contributed by atoms with Gasteiger partial charge in [-0.25, -0.2) is 8.42 Å². The summed E-state index contributed by atoms with van der Waals surface area (Å²) in [6, 6.07) is 20.0. The van der Waals surface area contributed by atoms with Crippen molar-refractivity contribution >= 4 is 21.2 Å². The molecule has 1 heterocycles. The summed E-state index contributed by atoms with van der Waals surface area (Å²) in [4.78, 5) is 0.255. The topological polar surface area (TPSA) is 86.2 Å². The number of nitrogens with one attached hydrogen (secondary N) is 1. The summed E-state index contributed by atoms with van der Waals surface area (Å²) in [7, 11) is -0.0739. The van der Waals surface area contributed by atoms with Gasteiger partial charge in [-0.05, 0) is 29.8 Å². The molecule has 32 heavy (non-hydrogen) atoms. The molecule has 0 aliphatic carbocycles. The molecule has 166 valence electrons. The van der Waals surface area contributed by atoms with E-state index in [1.165, 1.54) is 6.26 Å². The molecule has 3 aromatic carbocycles. The highest BCUT2D eigenvalue weighted by atomic mass is 32.2. The third-order valence-corrected chi connectivity index (χ3v) is 6.33. The molecule has 8 heteroatoms. The van der Waals surface area contributed by atoms with Crippen molar-refractivity contribution in [3.05, 3.63) is 77.9 Å². The summed E-state index contributed by atoms with van der Waals surface area (Å²) in [6.45, 7) is 0. The first-order valence-corrected chi connectivity index (χ1v) is 11.9. The van der Waals surface area contributed by atoms with E-state index in [1.807, 2.05) is 36.4 Å². The number of fused-ring (bicyclic) bond motifs is 1. The molecule has 0 radical (unpaired) electrons. The van der Waals surface area contributed by atoms with Gasteiger partial charge in [0.15, 0.2) is 9.84 Å². The molecule has 0 saturated carbocycles. The zero-order valence-corrected chi connectivity index (χ0v) is 18.8. The van der Waals surface area contributed by atoms with Crippen LogP contribution in [0.3, 0.4) is 0 Å². The van der Waals surface area contributed by atoms with Crippen LogP contribution in [0.25, 0.3) is 0 Å². The van der Waals surface area contributed by atoms with Crippen LogP contribution in [0.15, 0.2) is 76.7 Å². The lowest BCUT2D eigenvalue weighted by Gasteiger charge is -2.29. The molecule has 1 aliphatic rings. The van der Waals surface area contributed by atoms with Crippen molar-refractivity contribution in [3.8, 4) is 17.2 Å². The number of hydrogen-bond donors (Lipinski definition) is 1. The molecule has 3 aromatic rings. The molecule has 0 spiro atoms. The van der Waals surface area contributed by atoms with E-state index in [-0.39, 0.29) is 11.0 Å². The fourth-order valence-electron chi connectivity index (χ4n) is 3.56. The van der Waals surface area contributed by atoms with E-state index >= 15 is 0 Å². The second-order valence-electron chi connectivity index (χ2n) is 7.39. The van der Waals surface area contributed by atoms with Gasteiger partial charge < -0.3 is 14.2 Å². The first-order chi connectivity index (χ1) is 15.4. The Kier molecular flexibility index (Phi) is 6.05. The minimum atomic E-state index is -3.26. The number of nitrogens with zero attached hydrogens (tertiary/aromatic N) is 1. The van der Waals surface area contributed by atoms with Crippen LogP contribution >= 0.6 is 0 Å². The molecule has 1 N–H and O–H groups in total. The van der Waals surface area contributed by atoms with Gasteiger partial charge in [-0.15, -0.1) is 0 Å². The van der Waals surface area contributed by atoms with Gasteiger partial charge in [0, 0.05) is 24.8 Å².